The Bertz CT molecular complexity index is 550. The number of aliphatic carboxylic acids is 1. The fourth-order valence-electron chi connectivity index (χ4n) is 1.53. The van der Waals surface area contributed by atoms with Crippen molar-refractivity contribution in [3.63, 3.8) is 0 Å². The van der Waals surface area contributed by atoms with E-state index in [1.807, 2.05) is 29.6 Å². The van der Waals surface area contributed by atoms with Crippen LogP contribution in [0, 0.1) is 5.92 Å². The molecule has 3 nitrogen and oxygen atoms in total. The summed E-state index contributed by atoms with van der Waals surface area (Å²) >= 11 is 4.93. The Kier molecular flexibility index (Phi) is 4.14. The number of hydrogen-bond acceptors (Lipinski definition) is 3. The van der Waals surface area contributed by atoms with Gasteiger partial charge in [0.1, 0.15) is 5.01 Å². The summed E-state index contributed by atoms with van der Waals surface area (Å²) in [5.41, 5.74) is 1.89. The van der Waals surface area contributed by atoms with Gasteiger partial charge in [-0.05, 0) is 12.1 Å². The maximum atomic E-state index is 10.8. The lowest BCUT2D eigenvalue weighted by Crippen LogP contribution is -2.12. The molecule has 2 aromatic rings. The molecule has 1 atom stereocenters. The van der Waals surface area contributed by atoms with E-state index in [0.717, 1.165) is 20.7 Å². The summed E-state index contributed by atoms with van der Waals surface area (Å²) in [7, 11) is 0. The van der Waals surface area contributed by atoms with Gasteiger partial charge in [-0.15, -0.1) is 11.3 Å². The fourth-order valence-corrected chi connectivity index (χ4v) is 2.63. The molecule has 0 saturated carbocycles. The Hall–Kier alpha value is -1.20. The monoisotopic (exact) mass is 325 g/mol. The van der Waals surface area contributed by atoms with Gasteiger partial charge in [0.25, 0.3) is 0 Å². The van der Waals surface area contributed by atoms with Crippen LogP contribution < -0.4 is 0 Å². The maximum absolute atomic E-state index is 10.8. The quantitative estimate of drug-likeness (QED) is 0.929. The van der Waals surface area contributed by atoms with Gasteiger partial charge in [0, 0.05) is 21.8 Å². The molecule has 5 heteroatoms. The highest BCUT2D eigenvalue weighted by atomic mass is 79.9. The minimum absolute atomic E-state index is 0.398. The lowest BCUT2D eigenvalue weighted by atomic mass is 10.1. The molecule has 1 heterocycles. The Morgan fingerprint density at radius 2 is 2.11 bits per heavy atom. The summed E-state index contributed by atoms with van der Waals surface area (Å²) in [6.07, 6.45) is 0.475. The molecule has 0 spiro atoms. The predicted molar refractivity (Wildman–Crippen MR) is 75.8 cm³/mol. The molecule has 0 bridgehead atoms. The average molecular weight is 326 g/mol. The van der Waals surface area contributed by atoms with Crippen LogP contribution in [-0.2, 0) is 11.2 Å². The van der Waals surface area contributed by atoms with Gasteiger partial charge in [0.05, 0.1) is 11.6 Å². The molecule has 0 amide bonds. The van der Waals surface area contributed by atoms with Crippen molar-refractivity contribution in [1.29, 1.82) is 0 Å². The van der Waals surface area contributed by atoms with Crippen molar-refractivity contribution in [2.75, 3.05) is 0 Å². The third-order valence-corrected chi connectivity index (χ3v) is 4.05. The lowest BCUT2D eigenvalue weighted by molar-refractivity contribution is -0.141. The van der Waals surface area contributed by atoms with Gasteiger partial charge in [0.2, 0.25) is 0 Å². The number of benzene rings is 1. The van der Waals surface area contributed by atoms with E-state index >= 15 is 0 Å². The Balaban J connectivity index is 2.15. The van der Waals surface area contributed by atoms with Crippen LogP contribution in [0.5, 0.6) is 0 Å². The van der Waals surface area contributed by atoms with Crippen LogP contribution in [0.2, 0.25) is 0 Å². The van der Waals surface area contributed by atoms with Crippen LogP contribution in [0.3, 0.4) is 0 Å². The Labute approximate surface area is 118 Å². The zero-order valence-corrected chi connectivity index (χ0v) is 12.2. The second-order valence-corrected chi connectivity index (χ2v) is 5.87. The molecule has 1 unspecified atom stereocenters. The second-order valence-electron chi connectivity index (χ2n) is 4.09. The highest BCUT2D eigenvalue weighted by Gasteiger charge is 2.14. The first-order chi connectivity index (χ1) is 8.56. The van der Waals surface area contributed by atoms with Crippen molar-refractivity contribution in [2.45, 2.75) is 13.3 Å². The molecule has 2 rings (SSSR count). The molecule has 0 aliphatic heterocycles. The minimum Gasteiger partial charge on any atom is -0.481 e. The molecule has 1 N–H and O–H groups in total. The van der Waals surface area contributed by atoms with Crippen molar-refractivity contribution in [3.8, 4) is 10.6 Å². The molecule has 94 valence electrons. The third-order valence-electron chi connectivity index (χ3n) is 2.58. The molecule has 1 aromatic heterocycles. The van der Waals surface area contributed by atoms with Gasteiger partial charge >= 0.3 is 5.97 Å². The van der Waals surface area contributed by atoms with Crippen molar-refractivity contribution in [3.05, 3.63) is 39.8 Å². The number of hydrogen-bond donors (Lipinski definition) is 1. The summed E-state index contributed by atoms with van der Waals surface area (Å²) < 4.78 is 1.03. The summed E-state index contributed by atoms with van der Waals surface area (Å²) in [6, 6.07) is 7.92. The van der Waals surface area contributed by atoms with Gasteiger partial charge in [0.15, 0.2) is 0 Å². The van der Waals surface area contributed by atoms with Gasteiger partial charge in [-0.25, -0.2) is 4.98 Å². The summed E-state index contributed by atoms with van der Waals surface area (Å²) in [5.74, 6) is -1.18. The van der Waals surface area contributed by atoms with Gasteiger partial charge < -0.3 is 5.11 Å². The highest BCUT2D eigenvalue weighted by molar-refractivity contribution is 9.10. The smallest absolute Gasteiger partial charge is 0.306 e. The first kappa shape index (κ1) is 13.2. The molecular weight excluding hydrogens is 314 g/mol. The second kappa shape index (κ2) is 5.63. The normalized spacial score (nSPS) is 12.3. The molecule has 1 aromatic carbocycles. The summed E-state index contributed by atoms with van der Waals surface area (Å²) in [4.78, 5) is 15.3. The average Bonchev–Trinajstić information content (AvgIpc) is 2.78. The van der Waals surface area contributed by atoms with Crippen molar-refractivity contribution in [1.82, 2.24) is 4.98 Å². The first-order valence-corrected chi connectivity index (χ1v) is 7.16. The molecule has 18 heavy (non-hydrogen) atoms. The van der Waals surface area contributed by atoms with Crippen LogP contribution in [0.15, 0.2) is 34.1 Å². The number of aromatic nitrogens is 1. The van der Waals surface area contributed by atoms with E-state index in [1.54, 1.807) is 18.3 Å². The fraction of sp³-hybridized carbons (Fsp3) is 0.231. The van der Waals surface area contributed by atoms with E-state index in [4.69, 9.17) is 5.11 Å². The number of carbonyl (C=O) groups is 1. The third kappa shape index (κ3) is 3.17. The van der Waals surface area contributed by atoms with Crippen LogP contribution >= 0.6 is 27.3 Å². The van der Waals surface area contributed by atoms with Crippen LogP contribution in [-0.4, -0.2) is 16.1 Å². The van der Waals surface area contributed by atoms with E-state index in [9.17, 15) is 4.79 Å². The molecule has 0 saturated heterocycles. The van der Waals surface area contributed by atoms with Crippen molar-refractivity contribution in [2.24, 2.45) is 5.92 Å². The summed E-state index contributed by atoms with van der Waals surface area (Å²) in [5, 5.41) is 11.7. The Morgan fingerprint density at radius 3 is 2.72 bits per heavy atom. The zero-order chi connectivity index (χ0) is 13.1. The summed E-state index contributed by atoms with van der Waals surface area (Å²) in [6.45, 7) is 1.70. The first-order valence-electron chi connectivity index (χ1n) is 5.49. The topological polar surface area (TPSA) is 50.2 Å². The maximum Gasteiger partial charge on any atom is 0.306 e. The van der Waals surface area contributed by atoms with E-state index < -0.39 is 11.9 Å². The van der Waals surface area contributed by atoms with Gasteiger partial charge in [-0.2, -0.15) is 0 Å². The number of nitrogens with zero attached hydrogens (tertiary/aromatic N) is 1. The molecule has 0 aliphatic rings. The molecule has 0 fully saturated rings. The number of carboxylic acids is 1. The van der Waals surface area contributed by atoms with Crippen molar-refractivity contribution >= 4 is 33.2 Å². The highest BCUT2D eigenvalue weighted by Crippen LogP contribution is 2.26. The van der Waals surface area contributed by atoms with E-state index in [-0.39, 0.29) is 0 Å². The number of carboxylic acid groups (broad SMARTS) is 1. The molecule has 0 radical (unpaired) electrons. The number of halogens is 1. The molecular formula is C13H12BrNO2S. The zero-order valence-electron chi connectivity index (χ0n) is 9.76. The number of thiazole rings is 1. The molecule has 0 aliphatic carbocycles. The van der Waals surface area contributed by atoms with E-state index in [1.165, 1.54) is 0 Å². The van der Waals surface area contributed by atoms with Gasteiger partial charge in [-0.3, -0.25) is 4.79 Å². The van der Waals surface area contributed by atoms with E-state index in [2.05, 4.69) is 20.9 Å². The van der Waals surface area contributed by atoms with E-state index in [0.29, 0.717) is 6.42 Å². The van der Waals surface area contributed by atoms with Crippen molar-refractivity contribution < 1.29 is 9.90 Å². The van der Waals surface area contributed by atoms with Crippen LogP contribution in [0.4, 0.5) is 0 Å². The largest absolute Gasteiger partial charge is 0.481 e. The Morgan fingerprint density at radius 1 is 1.44 bits per heavy atom. The number of rotatable bonds is 4. The predicted octanol–water partition coefficient (Wildman–Crippen LogP) is 3.84. The van der Waals surface area contributed by atoms with Crippen LogP contribution in [0.1, 0.15) is 12.6 Å². The van der Waals surface area contributed by atoms with Gasteiger partial charge in [-0.1, -0.05) is 35.0 Å². The van der Waals surface area contributed by atoms with Crippen LogP contribution in [0.25, 0.3) is 10.6 Å². The lowest BCUT2D eigenvalue weighted by Gasteiger charge is -2.02. The SMILES string of the molecule is CC(Cc1csc(-c2ccc(Br)cc2)n1)C(=O)O. The standard InChI is InChI=1S/C13H12BrNO2S/c1-8(13(16)17)6-11-7-18-12(15-11)9-2-4-10(14)5-3-9/h2-5,7-8H,6H2,1H3,(H,16,17). The minimum atomic E-state index is -0.784.